The van der Waals surface area contributed by atoms with Gasteiger partial charge in [-0.05, 0) is 60.9 Å². The van der Waals surface area contributed by atoms with E-state index in [0.29, 0.717) is 12.8 Å². The van der Waals surface area contributed by atoms with Crippen molar-refractivity contribution in [3.63, 3.8) is 0 Å². The number of amides is 1. The van der Waals surface area contributed by atoms with E-state index in [1.54, 1.807) is 0 Å². The third-order valence-electron chi connectivity index (χ3n) is 6.59. The topological polar surface area (TPSA) is 121 Å². The Balaban J connectivity index is 1.58. The number of β-lactam (4-membered cyclic amide) rings is 1. The number of rotatable bonds is 13. The molecular weight excluding hydrogens is 422 g/mol. The molecule has 1 aliphatic rings. The molecule has 7 nitrogen and oxygen atoms in total. The third kappa shape index (κ3) is 6.40. The van der Waals surface area contributed by atoms with Crippen LogP contribution in [0.25, 0.3) is 0 Å². The first-order valence-electron chi connectivity index (χ1n) is 11.6. The van der Waals surface area contributed by atoms with Crippen molar-refractivity contribution in [1.82, 2.24) is 0 Å². The van der Waals surface area contributed by atoms with Gasteiger partial charge in [0.25, 0.3) is 0 Å². The highest BCUT2D eigenvalue weighted by Gasteiger charge is 2.38. The number of hydrogen-bond donors (Lipinski definition) is 5. The molecule has 5 N–H and O–H groups in total. The maximum atomic E-state index is 12.4. The van der Waals surface area contributed by atoms with Gasteiger partial charge in [0.05, 0.1) is 25.7 Å². The van der Waals surface area contributed by atoms with Gasteiger partial charge in [-0.25, -0.2) is 0 Å². The number of nitrogens with zero attached hydrogens (tertiary/aromatic N) is 1. The smallest absolute Gasteiger partial charge is 0.230 e. The van der Waals surface area contributed by atoms with Crippen molar-refractivity contribution in [2.75, 3.05) is 31.3 Å². The molecular formula is C26H35NO6. The van der Waals surface area contributed by atoms with Crippen LogP contribution in [0.15, 0.2) is 48.5 Å². The summed E-state index contributed by atoms with van der Waals surface area (Å²) in [5.74, 6) is 0.0205. The average molecular weight is 458 g/mol. The number of benzene rings is 2. The first-order chi connectivity index (χ1) is 15.9. The van der Waals surface area contributed by atoms with Gasteiger partial charge in [-0.15, -0.1) is 0 Å². The number of aryl methyl sites for hydroxylation is 2. The average Bonchev–Trinajstić information content (AvgIpc) is 2.85. The summed E-state index contributed by atoms with van der Waals surface area (Å²) in [7, 11) is 0. The summed E-state index contributed by atoms with van der Waals surface area (Å²) in [4.78, 5) is 14.2. The minimum Gasteiger partial charge on any atom is -0.396 e. The summed E-state index contributed by atoms with van der Waals surface area (Å²) in [6.45, 7) is -0.957. The maximum Gasteiger partial charge on any atom is 0.230 e. The Hall–Kier alpha value is -2.29. The number of carbonyl (C=O) groups is 1. The fraction of sp³-hybridized carbons (Fsp3) is 0.500. The van der Waals surface area contributed by atoms with E-state index < -0.39 is 18.8 Å². The van der Waals surface area contributed by atoms with Crippen LogP contribution in [0.5, 0.6) is 0 Å². The monoisotopic (exact) mass is 457 g/mol. The zero-order valence-electron chi connectivity index (χ0n) is 18.9. The van der Waals surface area contributed by atoms with Gasteiger partial charge in [0.1, 0.15) is 5.60 Å². The summed E-state index contributed by atoms with van der Waals surface area (Å²) in [5.41, 5.74) is 2.59. The Morgan fingerprint density at radius 3 is 2.00 bits per heavy atom. The van der Waals surface area contributed by atoms with Gasteiger partial charge in [-0.1, -0.05) is 36.4 Å². The van der Waals surface area contributed by atoms with Crippen molar-refractivity contribution in [3.05, 3.63) is 65.2 Å². The van der Waals surface area contributed by atoms with Crippen LogP contribution in [0.4, 0.5) is 5.69 Å². The first-order valence-corrected chi connectivity index (χ1v) is 11.6. The molecule has 7 heteroatoms. The number of hydrogen-bond acceptors (Lipinski definition) is 6. The molecule has 0 aliphatic carbocycles. The van der Waals surface area contributed by atoms with E-state index in [2.05, 4.69) is 0 Å². The van der Waals surface area contributed by atoms with E-state index in [4.69, 9.17) is 10.2 Å². The lowest BCUT2D eigenvalue weighted by atomic mass is 9.90. The number of anilines is 1. The summed E-state index contributed by atoms with van der Waals surface area (Å²) < 4.78 is 0. The Bertz CT molecular complexity index is 875. The fourth-order valence-corrected chi connectivity index (χ4v) is 4.16. The molecule has 1 amide bonds. The minimum atomic E-state index is -1.47. The molecule has 0 spiro atoms. The lowest BCUT2D eigenvalue weighted by molar-refractivity contribution is -0.124. The molecule has 3 rings (SSSR count). The molecule has 2 aromatic rings. The third-order valence-corrected chi connectivity index (χ3v) is 6.59. The predicted molar refractivity (Wildman–Crippen MR) is 126 cm³/mol. The van der Waals surface area contributed by atoms with Crippen LogP contribution in [0.3, 0.4) is 0 Å². The molecule has 2 aromatic carbocycles. The quantitative estimate of drug-likeness (QED) is 0.292. The highest BCUT2D eigenvalue weighted by Crippen LogP contribution is 2.39. The highest BCUT2D eigenvalue weighted by molar-refractivity contribution is 6.01. The zero-order chi connectivity index (χ0) is 23.8. The van der Waals surface area contributed by atoms with Crippen molar-refractivity contribution in [2.45, 2.75) is 50.2 Å². The molecule has 0 aromatic heterocycles. The molecule has 1 aliphatic heterocycles. The zero-order valence-corrected chi connectivity index (χ0v) is 18.9. The van der Waals surface area contributed by atoms with Gasteiger partial charge in [-0.2, -0.15) is 0 Å². The van der Waals surface area contributed by atoms with Crippen LogP contribution in [-0.4, -0.2) is 63.5 Å². The Labute approximate surface area is 194 Å². The lowest BCUT2D eigenvalue weighted by Crippen LogP contribution is -2.46. The lowest BCUT2D eigenvalue weighted by Gasteiger charge is -2.41. The van der Waals surface area contributed by atoms with E-state index >= 15 is 0 Å². The van der Waals surface area contributed by atoms with E-state index in [0.717, 1.165) is 41.6 Å². The van der Waals surface area contributed by atoms with Gasteiger partial charge >= 0.3 is 0 Å². The van der Waals surface area contributed by atoms with Crippen LogP contribution in [0, 0.1) is 5.92 Å². The molecule has 33 heavy (non-hydrogen) atoms. The van der Waals surface area contributed by atoms with Gasteiger partial charge in [-0.3, -0.25) is 4.79 Å². The second-order valence-corrected chi connectivity index (χ2v) is 9.06. The van der Waals surface area contributed by atoms with Gasteiger partial charge in [0.15, 0.2) is 0 Å². The summed E-state index contributed by atoms with van der Waals surface area (Å²) >= 11 is 0. The highest BCUT2D eigenvalue weighted by atomic mass is 16.4. The summed E-state index contributed by atoms with van der Waals surface area (Å²) in [6.07, 6.45) is 3.77. The summed E-state index contributed by atoms with van der Waals surface area (Å²) in [5, 5.41) is 46.8. The number of aliphatic hydroxyl groups is 5. The fourth-order valence-electron chi connectivity index (χ4n) is 4.16. The van der Waals surface area contributed by atoms with E-state index in [1.807, 2.05) is 53.4 Å². The van der Waals surface area contributed by atoms with Gasteiger partial charge in [0.2, 0.25) is 5.91 Å². The molecule has 1 saturated heterocycles. The molecule has 180 valence electrons. The van der Waals surface area contributed by atoms with Crippen molar-refractivity contribution in [3.8, 4) is 0 Å². The van der Waals surface area contributed by atoms with Crippen LogP contribution in [0.1, 0.15) is 48.4 Å². The van der Waals surface area contributed by atoms with E-state index in [9.17, 15) is 20.1 Å². The molecule has 1 unspecified atom stereocenters. The van der Waals surface area contributed by atoms with E-state index in [1.165, 1.54) is 0 Å². The van der Waals surface area contributed by atoms with Gasteiger partial charge in [0, 0.05) is 24.8 Å². The van der Waals surface area contributed by atoms with Crippen molar-refractivity contribution in [1.29, 1.82) is 0 Å². The Morgan fingerprint density at radius 2 is 1.45 bits per heavy atom. The van der Waals surface area contributed by atoms with Crippen LogP contribution in [-0.2, 0) is 17.6 Å². The minimum absolute atomic E-state index is 0.00239. The van der Waals surface area contributed by atoms with E-state index in [-0.39, 0.29) is 37.5 Å². The first kappa shape index (κ1) is 25.3. The normalized spacial score (nSPS) is 16.4. The standard InChI is InChI=1S/C26H35NO6/c28-15-21(16-29)3-1-2-19-6-10-23(11-7-19)27-24(14-25(27)32)22-8-4-20(5-9-22)12-13-26(33,17-30)18-31/h4-11,21,24,28-31,33H,1-3,12-18H2. The Morgan fingerprint density at radius 1 is 0.879 bits per heavy atom. The molecule has 1 heterocycles. The van der Waals surface area contributed by atoms with Crippen molar-refractivity contribution >= 4 is 11.6 Å². The Kier molecular flexibility index (Phi) is 9.00. The number of aliphatic hydroxyl groups excluding tert-OH is 4. The molecule has 1 atom stereocenters. The van der Waals surface area contributed by atoms with Crippen LogP contribution < -0.4 is 4.90 Å². The second kappa shape index (κ2) is 11.7. The van der Waals surface area contributed by atoms with Crippen LogP contribution >= 0.6 is 0 Å². The summed E-state index contributed by atoms with van der Waals surface area (Å²) in [6, 6.07) is 15.9. The van der Waals surface area contributed by atoms with Crippen molar-refractivity contribution in [2.24, 2.45) is 5.92 Å². The maximum absolute atomic E-state index is 12.4. The molecule has 0 saturated carbocycles. The molecule has 0 bridgehead atoms. The van der Waals surface area contributed by atoms with Crippen molar-refractivity contribution < 1.29 is 30.3 Å². The number of carbonyl (C=O) groups excluding carboxylic acids is 1. The molecule has 0 radical (unpaired) electrons. The van der Waals surface area contributed by atoms with Crippen LogP contribution in [0.2, 0.25) is 0 Å². The SMILES string of the molecule is O=C1CC(c2ccc(CCC(O)(CO)CO)cc2)N1c1ccc(CCCC(CO)CO)cc1. The predicted octanol–water partition coefficient (Wildman–Crippen LogP) is 1.74. The molecule has 1 fully saturated rings. The van der Waals surface area contributed by atoms with Gasteiger partial charge < -0.3 is 30.4 Å². The largest absolute Gasteiger partial charge is 0.396 e. The second-order valence-electron chi connectivity index (χ2n) is 9.06.